The summed E-state index contributed by atoms with van der Waals surface area (Å²) in [6, 6.07) is 21.9. The van der Waals surface area contributed by atoms with Gasteiger partial charge in [0.05, 0.1) is 23.7 Å². The number of carbonyl (C=O) groups excluding carboxylic acids is 1. The monoisotopic (exact) mass is 449 g/mol. The number of carbonyl (C=O) groups is 1. The Morgan fingerprint density at radius 3 is 2.77 bits per heavy atom. The number of anilines is 1. The highest BCUT2D eigenvalue weighted by Crippen LogP contribution is 2.43. The van der Waals surface area contributed by atoms with Gasteiger partial charge in [0.2, 0.25) is 11.1 Å². The van der Waals surface area contributed by atoms with Crippen LogP contribution in [-0.4, -0.2) is 37.6 Å². The molecule has 0 N–H and O–H groups in total. The summed E-state index contributed by atoms with van der Waals surface area (Å²) >= 11 is 3.12. The largest absolute Gasteiger partial charge is 0.467 e. The molecule has 0 bridgehead atoms. The third-order valence-electron chi connectivity index (χ3n) is 5.00. The minimum atomic E-state index is -0.0201. The first-order valence-electron chi connectivity index (χ1n) is 9.80. The standard InChI is InChI=1S/C22H19N5O2S2/c28-21(15-31-22-23-24-25-26(22)13-17-9-6-12-29-17)27-18-10-4-5-11-20(18)30-14-19(27)16-7-2-1-3-8-16/h1-12,19H,13-15H2/t19-/m1/s1. The summed E-state index contributed by atoms with van der Waals surface area (Å²) in [6.45, 7) is 0.423. The summed E-state index contributed by atoms with van der Waals surface area (Å²) in [5, 5.41) is 12.5. The molecule has 1 amide bonds. The Morgan fingerprint density at radius 2 is 1.94 bits per heavy atom. The Morgan fingerprint density at radius 1 is 1.10 bits per heavy atom. The van der Waals surface area contributed by atoms with Crippen molar-refractivity contribution < 1.29 is 9.21 Å². The molecule has 0 unspecified atom stereocenters. The average molecular weight is 450 g/mol. The number of aromatic nitrogens is 4. The summed E-state index contributed by atoms with van der Waals surface area (Å²) in [5.41, 5.74) is 2.08. The molecule has 9 heteroatoms. The van der Waals surface area contributed by atoms with E-state index in [9.17, 15) is 4.79 Å². The fourth-order valence-corrected chi connectivity index (χ4v) is 5.47. The first kappa shape index (κ1) is 19.9. The van der Waals surface area contributed by atoms with Crippen molar-refractivity contribution in [3.63, 3.8) is 0 Å². The van der Waals surface area contributed by atoms with Gasteiger partial charge >= 0.3 is 0 Å². The molecule has 0 saturated carbocycles. The number of nitrogens with zero attached hydrogens (tertiary/aromatic N) is 5. The van der Waals surface area contributed by atoms with Crippen LogP contribution in [0.25, 0.3) is 0 Å². The SMILES string of the molecule is O=C(CSc1nnnn1Cc1ccco1)N1c2ccccc2SC[C@@H]1c1ccccc1. The molecule has 5 rings (SSSR count). The van der Waals surface area contributed by atoms with E-state index in [1.807, 2.05) is 53.4 Å². The van der Waals surface area contributed by atoms with Gasteiger partial charge in [-0.3, -0.25) is 4.79 Å². The van der Waals surface area contributed by atoms with Crippen LogP contribution in [0.4, 0.5) is 5.69 Å². The summed E-state index contributed by atoms with van der Waals surface area (Å²) < 4.78 is 7.03. The topological polar surface area (TPSA) is 77.0 Å². The maximum atomic E-state index is 13.5. The number of para-hydroxylation sites is 1. The molecule has 31 heavy (non-hydrogen) atoms. The van der Waals surface area contributed by atoms with Crippen molar-refractivity contribution in [1.29, 1.82) is 0 Å². The Kier molecular flexibility index (Phi) is 5.77. The van der Waals surface area contributed by atoms with Crippen LogP contribution in [0.5, 0.6) is 0 Å². The molecule has 2 aromatic carbocycles. The molecule has 1 aliphatic heterocycles. The van der Waals surface area contributed by atoms with Crippen molar-refractivity contribution in [2.75, 3.05) is 16.4 Å². The highest BCUT2D eigenvalue weighted by Gasteiger charge is 2.32. The number of fused-ring (bicyclic) bond motifs is 1. The third-order valence-corrected chi connectivity index (χ3v) is 7.08. The lowest BCUT2D eigenvalue weighted by Gasteiger charge is -2.37. The summed E-state index contributed by atoms with van der Waals surface area (Å²) in [6.07, 6.45) is 1.62. The molecule has 3 heterocycles. The Balaban J connectivity index is 1.37. The average Bonchev–Trinajstić information content (AvgIpc) is 3.50. The predicted octanol–water partition coefficient (Wildman–Crippen LogP) is 4.29. The molecule has 0 aliphatic carbocycles. The fourth-order valence-electron chi connectivity index (χ4n) is 3.56. The zero-order valence-electron chi connectivity index (χ0n) is 16.5. The number of tetrazole rings is 1. The maximum absolute atomic E-state index is 13.5. The Bertz CT molecular complexity index is 1160. The smallest absolute Gasteiger partial charge is 0.238 e. The van der Waals surface area contributed by atoms with Crippen LogP contribution in [0.3, 0.4) is 0 Å². The number of hydrogen-bond acceptors (Lipinski definition) is 7. The minimum absolute atomic E-state index is 0.0201. The van der Waals surface area contributed by atoms with Gasteiger partial charge in [-0.15, -0.1) is 16.9 Å². The number of furan rings is 1. The minimum Gasteiger partial charge on any atom is -0.467 e. The zero-order chi connectivity index (χ0) is 21.0. The van der Waals surface area contributed by atoms with Crippen LogP contribution < -0.4 is 4.90 Å². The second kappa shape index (κ2) is 8.99. The van der Waals surface area contributed by atoms with Crippen LogP contribution >= 0.6 is 23.5 Å². The summed E-state index contributed by atoms with van der Waals surface area (Å²) in [7, 11) is 0. The summed E-state index contributed by atoms with van der Waals surface area (Å²) in [5.74, 6) is 1.83. The maximum Gasteiger partial charge on any atom is 0.238 e. The Hall–Kier alpha value is -3.04. The normalized spacial score (nSPS) is 15.6. The lowest BCUT2D eigenvalue weighted by molar-refractivity contribution is -0.116. The van der Waals surface area contributed by atoms with Crippen LogP contribution in [-0.2, 0) is 11.3 Å². The van der Waals surface area contributed by atoms with Crippen molar-refractivity contribution in [2.24, 2.45) is 0 Å². The quantitative estimate of drug-likeness (QED) is 0.407. The van der Waals surface area contributed by atoms with E-state index in [-0.39, 0.29) is 17.7 Å². The summed E-state index contributed by atoms with van der Waals surface area (Å²) in [4.78, 5) is 16.5. The van der Waals surface area contributed by atoms with Crippen LogP contribution in [0, 0.1) is 0 Å². The molecule has 0 radical (unpaired) electrons. The van der Waals surface area contributed by atoms with Crippen molar-refractivity contribution >= 4 is 35.1 Å². The van der Waals surface area contributed by atoms with Crippen molar-refractivity contribution in [2.45, 2.75) is 22.6 Å². The van der Waals surface area contributed by atoms with E-state index < -0.39 is 0 Å². The van der Waals surface area contributed by atoms with Gasteiger partial charge in [0.25, 0.3) is 0 Å². The van der Waals surface area contributed by atoms with E-state index in [0.717, 1.165) is 27.7 Å². The number of thioether (sulfide) groups is 2. The van der Waals surface area contributed by atoms with Gasteiger partial charge in [0.1, 0.15) is 12.3 Å². The highest BCUT2D eigenvalue weighted by molar-refractivity contribution is 8.00. The van der Waals surface area contributed by atoms with Crippen LogP contribution in [0.2, 0.25) is 0 Å². The molecular formula is C22H19N5O2S2. The van der Waals surface area contributed by atoms with E-state index in [0.29, 0.717) is 11.7 Å². The number of benzene rings is 2. The predicted molar refractivity (Wildman–Crippen MR) is 120 cm³/mol. The van der Waals surface area contributed by atoms with E-state index in [1.165, 1.54) is 11.8 Å². The van der Waals surface area contributed by atoms with Gasteiger partial charge in [-0.1, -0.05) is 54.2 Å². The lowest BCUT2D eigenvalue weighted by Crippen LogP contribution is -2.39. The van der Waals surface area contributed by atoms with Crippen LogP contribution in [0.1, 0.15) is 17.4 Å². The van der Waals surface area contributed by atoms with Gasteiger partial charge in [-0.2, -0.15) is 0 Å². The van der Waals surface area contributed by atoms with Crippen molar-refractivity contribution in [3.05, 3.63) is 84.3 Å². The van der Waals surface area contributed by atoms with E-state index in [2.05, 4.69) is 33.7 Å². The second-order valence-corrected chi connectivity index (χ2v) is 8.96. The first-order chi connectivity index (χ1) is 15.3. The van der Waals surface area contributed by atoms with E-state index in [4.69, 9.17) is 4.42 Å². The van der Waals surface area contributed by atoms with Crippen LogP contribution in [0.15, 0.2) is 87.5 Å². The molecule has 156 valence electrons. The molecular weight excluding hydrogens is 430 g/mol. The lowest BCUT2D eigenvalue weighted by atomic mass is 10.1. The molecule has 7 nitrogen and oxygen atoms in total. The van der Waals surface area contributed by atoms with Gasteiger partial charge in [-0.25, -0.2) is 4.68 Å². The third kappa shape index (κ3) is 4.24. The first-order valence-corrected chi connectivity index (χ1v) is 11.8. The Labute approximate surface area is 187 Å². The highest BCUT2D eigenvalue weighted by atomic mass is 32.2. The molecule has 1 atom stereocenters. The fraction of sp³-hybridized carbons (Fsp3) is 0.182. The number of hydrogen-bond donors (Lipinski definition) is 0. The van der Waals surface area contributed by atoms with Gasteiger partial charge < -0.3 is 9.32 Å². The zero-order valence-corrected chi connectivity index (χ0v) is 18.1. The molecule has 0 fully saturated rings. The molecule has 0 spiro atoms. The van der Waals surface area contributed by atoms with Gasteiger partial charge in [0.15, 0.2) is 0 Å². The molecule has 0 saturated heterocycles. The second-order valence-electron chi connectivity index (χ2n) is 6.96. The molecule has 1 aliphatic rings. The van der Waals surface area contributed by atoms with Crippen molar-refractivity contribution in [3.8, 4) is 0 Å². The van der Waals surface area contributed by atoms with Crippen molar-refractivity contribution in [1.82, 2.24) is 20.2 Å². The van der Waals surface area contributed by atoms with E-state index >= 15 is 0 Å². The number of rotatable bonds is 6. The van der Waals surface area contributed by atoms with Gasteiger partial charge in [-0.05, 0) is 40.3 Å². The number of amides is 1. The molecule has 4 aromatic rings. The van der Waals surface area contributed by atoms with E-state index in [1.54, 1.807) is 22.7 Å². The van der Waals surface area contributed by atoms with Gasteiger partial charge in [0, 0.05) is 10.6 Å². The molecule has 2 aromatic heterocycles.